The average molecular weight is 379 g/mol. The van der Waals surface area contributed by atoms with Crippen molar-refractivity contribution in [1.82, 2.24) is 5.32 Å². The summed E-state index contributed by atoms with van der Waals surface area (Å²) in [6.45, 7) is 7.24. The predicted molar refractivity (Wildman–Crippen MR) is 111 cm³/mol. The van der Waals surface area contributed by atoms with Crippen molar-refractivity contribution in [3.63, 3.8) is 0 Å². The number of hydrogen-bond acceptors (Lipinski definition) is 2. The molecule has 0 heterocycles. The second kappa shape index (κ2) is 9.30. The van der Waals surface area contributed by atoms with Crippen LogP contribution in [0.4, 0.5) is 5.69 Å². The van der Waals surface area contributed by atoms with Crippen molar-refractivity contribution >= 4 is 46.4 Å². The molecule has 0 fully saturated rings. The Labute approximate surface area is 159 Å². The predicted octanol–water partition coefficient (Wildman–Crippen LogP) is 5.67. The highest BCUT2D eigenvalue weighted by Gasteiger charge is 2.05. The van der Waals surface area contributed by atoms with E-state index in [0.29, 0.717) is 11.0 Å². The molecule has 0 saturated heterocycles. The van der Waals surface area contributed by atoms with E-state index in [2.05, 4.69) is 61.7 Å². The lowest BCUT2D eigenvalue weighted by Gasteiger charge is -2.15. The zero-order valence-corrected chi connectivity index (χ0v) is 16.6. The molecule has 0 bridgehead atoms. The van der Waals surface area contributed by atoms with E-state index in [1.165, 1.54) is 16.0 Å². The molecule has 0 radical (unpaired) electrons. The molecule has 0 aliphatic carbocycles. The Bertz CT molecular complexity index is 666. The Hall–Kier alpha value is -1.23. The molecule has 0 aromatic heterocycles. The Kier molecular flexibility index (Phi) is 7.40. The van der Waals surface area contributed by atoms with E-state index < -0.39 is 0 Å². The first-order valence-corrected chi connectivity index (χ1v) is 9.71. The minimum absolute atomic E-state index is 0.504. The highest BCUT2D eigenvalue weighted by Crippen LogP contribution is 2.22. The fourth-order valence-corrected chi connectivity index (χ4v) is 3.57. The van der Waals surface area contributed by atoms with Gasteiger partial charge in [-0.2, -0.15) is 0 Å². The van der Waals surface area contributed by atoms with Gasteiger partial charge in [-0.15, -0.1) is 11.8 Å². The van der Waals surface area contributed by atoms with Crippen LogP contribution in [0.5, 0.6) is 0 Å². The number of benzene rings is 2. The van der Waals surface area contributed by atoms with Crippen LogP contribution in [0.3, 0.4) is 0 Å². The molecule has 1 unspecified atom stereocenters. The van der Waals surface area contributed by atoms with Gasteiger partial charge in [0.1, 0.15) is 0 Å². The van der Waals surface area contributed by atoms with Crippen molar-refractivity contribution in [1.29, 1.82) is 0 Å². The highest BCUT2D eigenvalue weighted by atomic mass is 35.5. The van der Waals surface area contributed by atoms with Crippen LogP contribution in [0.25, 0.3) is 0 Å². The fourth-order valence-electron chi connectivity index (χ4n) is 2.32. The van der Waals surface area contributed by atoms with Gasteiger partial charge in [0.25, 0.3) is 0 Å². The van der Waals surface area contributed by atoms with E-state index in [-0.39, 0.29) is 0 Å². The lowest BCUT2D eigenvalue weighted by Crippen LogP contribution is -2.32. The SMILES string of the molecule is Cc1cc(C)cc(NC(=S)NCC(C)CSc2ccc(Cl)cc2)c1. The summed E-state index contributed by atoms with van der Waals surface area (Å²) >= 11 is 13.1. The number of hydrogen-bond donors (Lipinski definition) is 2. The van der Waals surface area contributed by atoms with Gasteiger partial charge >= 0.3 is 0 Å². The van der Waals surface area contributed by atoms with Crippen LogP contribution in [0, 0.1) is 19.8 Å². The fraction of sp³-hybridized carbons (Fsp3) is 0.316. The topological polar surface area (TPSA) is 24.1 Å². The molecule has 2 N–H and O–H groups in total. The smallest absolute Gasteiger partial charge is 0.170 e. The van der Waals surface area contributed by atoms with Crippen molar-refractivity contribution < 1.29 is 0 Å². The number of thioether (sulfide) groups is 1. The molecule has 0 amide bonds. The van der Waals surface area contributed by atoms with Gasteiger partial charge in [0.15, 0.2) is 5.11 Å². The minimum Gasteiger partial charge on any atom is -0.362 e. The summed E-state index contributed by atoms with van der Waals surface area (Å²) in [6, 6.07) is 14.3. The maximum Gasteiger partial charge on any atom is 0.170 e. The van der Waals surface area contributed by atoms with E-state index in [1.807, 2.05) is 23.9 Å². The summed E-state index contributed by atoms with van der Waals surface area (Å²) in [5.74, 6) is 1.53. The number of halogens is 1. The summed E-state index contributed by atoms with van der Waals surface area (Å²) in [7, 11) is 0. The highest BCUT2D eigenvalue weighted by molar-refractivity contribution is 7.99. The van der Waals surface area contributed by atoms with Gasteiger partial charge in [0.05, 0.1) is 0 Å². The van der Waals surface area contributed by atoms with Crippen LogP contribution in [0.1, 0.15) is 18.1 Å². The normalized spacial score (nSPS) is 11.8. The third-order valence-electron chi connectivity index (χ3n) is 3.44. The molecule has 2 aromatic rings. The first-order chi connectivity index (χ1) is 11.4. The van der Waals surface area contributed by atoms with E-state index in [0.717, 1.165) is 23.0 Å². The van der Waals surface area contributed by atoms with Crippen LogP contribution in [0.2, 0.25) is 5.02 Å². The van der Waals surface area contributed by atoms with Crippen molar-refractivity contribution in [2.45, 2.75) is 25.7 Å². The van der Waals surface area contributed by atoms with E-state index >= 15 is 0 Å². The first-order valence-electron chi connectivity index (χ1n) is 7.94. The van der Waals surface area contributed by atoms with Gasteiger partial charge in [-0.05, 0) is 79.5 Å². The molecule has 5 heteroatoms. The van der Waals surface area contributed by atoms with Crippen molar-refractivity contribution in [3.05, 3.63) is 58.6 Å². The Morgan fingerprint density at radius 1 is 1.12 bits per heavy atom. The molecule has 0 spiro atoms. The molecular formula is C19H23ClN2S2. The van der Waals surface area contributed by atoms with Crippen molar-refractivity contribution in [2.24, 2.45) is 5.92 Å². The Balaban J connectivity index is 1.73. The van der Waals surface area contributed by atoms with Crippen LogP contribution in [-0.4, -0.2) is 17.4 Å². The maximum absolute atomic E-state index is 5.90. The average Bonchev–Trinajstić information content (AvgIpc) is 2.51. The van der Waals surface area contributed by atoms with Gasteiger partial charge in [-0.3, -0.25) is 0 Å². The van der Waals surface area contributed by atoms with Crippen molar-refractivity contribution in [2.75, 3.05) is 17.6 Å². The van der Waals surface area contributed by atoms with Crippen LogP contribution in [0.15, 0.2) is 47.4 Å². The second-order valence-electron chi connectivity index (χ2n) is 6.08. The van der Waals surface area contributed by atoms with Crippen LogP contribution < -0.4 is 10.6 Å². The summed E-state index contributed by atoms with van der Waals surface area (Å²) in [4.78, 5) is 1.24. The first kappa shape index (κ1) is 19.1. The number of rotatable bonds is 6. The van der Waals surface area contributed by atoms with Gasteiger partial charge < -0.3 is 10.6 Å². The third kappa shape index (κ3) is 6.71. The van der Waals surface area contributed by atoms with Crippen LogP contribution >= 0.6 is 35.6 Å². The zero-order chi connectivity index (χ0) is 17.5. The van der Waals surface area contributed by atoms with Gasteiger partial charge in [0.2, 0.25) is 0 Å². The summed E-state index contributed by atoms with van der Waals surface area (Å²) in [5, 5.41) is 8.00. The molecule has 128 valence electrons. The molecule has 1 atom stereocenters. The molecule has 24 heavy (non-hydrogen) atoms. The van der Waals surface area contributed by atoms with E-state index in [4.69, 9.17) is 23.8 Å². The number of aryl methyl sites for hydroxylation is 2. The number of nitrogens with one attached hydrogen (secondary N) is 2. The minimum atomic E-state index is 0.504. The molecule has 0 aliphatic heterocycles. The molecule has 2 aromatic carbocycles. The lowest BCUT2D eigenvalue weighted by molar-refractivity contribution is 0.637. The van der Waals surface area contributed by atoms with Crippen LogP contribution in [-0.2, 0) is 0 Å². The van der Waals surface area contributed by atoms with E-state index in [9.17, 15) is 0 Å². The van der Waals surface area contributed by atoms with Crippen molar-refractivity contribution in [3.8, 4) is 0 Å². The third-order valence-corrected chi connectivity index (χ3v) is 5.28. The molecule has 2 nitrogen and oxygen atoms in total. The summed E-state index contributed by atoms with van der Waals surface area (Å²) < 4.78 is 0. The molecular weight excluding hydrogens is 356 g/mol. The molecule has 2 rings (SSSR count). The maximum atomic E-state index is 5.90. The quantitative estimate of drug-likeness (QED) is 0.499. The van der Waals surface area contributed by atoms with E-state index in [1.54, 1.807) is 0 Å². The number of thiocarbonyl (C=S) groups is 1. The Morgan fingerprint density at radius 2 is 1.75 bits per heavy atom. The monoisotopic (exact) mass is 378 g/mol. The Morgan fingerprint density at radius 3 is 2.38 bits per heavy atom. The standard InChI is InChI=1S/C19H23ClN2S2/c1-13-8-14(2)10-17(9-13)22-19(23)21-11-15(3)12-24-18-6-4-16(20)5-7-18/h4-10,15H,11-12H2,1-3H3,(H2,21,22,23). The number of anilines is 1. The van der Waals surface area contributed by atoms with Gasteiger partial charge in [-0.1, -0.05) is 24.6 Å². The molecule has 0 saturated carbocycles. The van der Waals surface area contributed by atoms with Gasteiger partial charge in [-0.25, -0.2) is 0 Å². The summed E-state index contributed by atoms with van der Waals surface area (Å²) in [6.07, 6.45) is 0. The van der Waals surface area contributed by atoms with Gasteiger partial charge in [0, 0.05) is 27.9 Å². The zero-order valence-electron chi connectivity index (χ0n) is 14.2. The lowest BCUT2D eigenvalue weighted by atomic mass is 10.1. The second-order valence-corrected chi connectivity index (χ2v) is 8.02. The largest absolute Gasteiger partial charge is 0.362 e. The summed E-state index contributed by atoms with van der Waals surface area (Å²) in [5.41, 5.74) is 3.49. The molecule has 0 aliphatic rings.